The number of aliphatic carboxylic acids is 1. The zero-order valence-electron chi connectivity index (χ0n) is 13.4. The van der Waals surface area contributed by atoms with E-state index in [0.717, 1.165) is 17.5 Å². The van der Waals surface area contributed by atoms with Gasteiger partial charge in [0.15, 0.2) is 0 Å². The number of carboxylic acids is 1. The Labute approximate surface area is 136 Å². The fourth-order valence-corrected chi connectivity index (χ4v) is 2.46. The van der Waals surface area contributed by atoms with Crippen LogP contribution in [0.5, 0.6) is 0 Å². The summed E-state index contributed by atoms with van der Waals surface area (Å²) in [4.78, 5) is 25.4. The van der Waals surface area contributed by atoms with E-state index in [-0.39, 0.29) is 12.3 Å². The molecule has 2 aromatic rings. The third-order valence-corrected chi connectivity index (χ3v) is 3.95. The Morgan fingerprint density at radius 2 is 1.61 bits per heavy atom. The second-order valence-electron chi connectivity index (χ2n) is 5.51. The number of rotatable bonds is 6. The molecule has 4 nitrogen and oxygen atoms in total. The van der Waals surface area contributed by atoms with Gasteiger partial charge in [0.05, 0.1) is 0 Å². The van der Waals surface area contributed by atoms with E-state index in [1.807, 2.05) is 49.4 Å². The van der Waals surface area contributed by atoms with Crippen LogP contribution in [-0.4, -0.2) is 35.0 Å². The van der Waals surface area contributed by atoms with Gasteiger partial charge in [-0.2, -0.15) is 0 Å². The predicted octanol–water partition coefficient (Wildman–Crippen LogP) is 3.02. The van der Waals surface area contributed by atoms with Crippen LogP contribution in [0.3, 0.4) is 0 Å². The number of likely N-dealkylation sites (N-methyl/N-ethyl adjacent to an activating group) is 1. The molecule has 0 aromatic heterocycles. The SMILES string of the molecule is CCc1ccc(C(=O)N(C)C(Cc2ccccc2)C(=O)O)cc1. The average molecular weight is 311 g/mol. The van der Waals surface area contributed by atoms with Crippen molar-refractivity contribution < 1.29 is 14.7 Å². The summed E-state index contributed by atoms with van der Waals surface area (Å²) in [5, 5.41) is 9.49. The Morgan fingerprint density at radius 1 is 1.00 bits per heavy atom. The number of nitrogens with zero attached hydrogens (tertiary/aromatic N) is 1. The topological polar surface area (TPSA) is 57.6 Å². The molecule has 0 fully saturated rings. The van der Waals surface area contributed by atoms with Crippen LogP contribution in [-0.2, 0) is 17.6 Å². The highest BCUT2D eigenvalue weighted by Crippen LogP contribution is 2.13. The number of aryl methyl sites for hydroxylation is 1. The minimum absolute atomic E-state index is 0.281. The Balaban J connectivity index is 2.17. The lowest BCUT2D eigenvalue weighted by molar-refractivity contribution is -0.141. The molecule has 0 radical (unpaired) electrons. The highest BCUT2D eigenvalue weighted by atomic mass is 16.4. The van der Waals surface area contributed by atoms with Crippen molar-refractivity contribution in [1.82, 2.24) is 4.90 Å². The molecule has 2 rings (SSSR count). The van der Waals surface area contributed by atoms with Crippen LogP contribution in [0.25, 0.3) is 0 Å². The predicted molar refractivity (Wildman–Crippen MR) is 89.5 cm³/mol. The standard InChI is InChI=1S/C19H21NO3/c1-3-14-9-11-16(12-10-14)18(21)20(2)17(19(22)23)13-15-7-5-4-6-8-15/h4-12,17H,3,13H2,1-2H3,(H,22,23). The molecule has 1 atom stereocenters. The molecule has 120 valence electrons. The fourth-order valence-electron chi connectivity index (χ4n) is 2.46. The normalized spacial score (nSPS) is 11.7. The number of carbonyl (C=O) groups excluding carboxylic acids is 1. The maximum absolute atomic E-state index is 12.5. The van der Waals surface area contributed by atoms with Gasteiger partial charge in [0, 0.05) is 19.0 Å². The third-order valence-electron chi connectivity index (χ3n) is 3.95. The summed E-state index contributed by atoms with van der Waals surface area (Å²) in [6.07, 6.45) is 1.18. The molecule has 0 saturated heterocycles. The number of amides is 1. The quantitative estimate of drug-likeness (QED) is 0.892. The van der Waals surface area contributed by atoms with Crippen LogP contribution >= 0.6 is 0 Å². The number of benzene rings is 2. The largest absolute Gasteiger partial charge is 0.480 e. The molecule has 2 aromatic carbocycles. The van der Waals surface area contributed by atoms with Gasteiger partial charge in [0.25, 0.3) is 5.91 Å². The van der Waals surface area contributed by atoms with Crippen LogP contribution in [0.2, 0.25) is 0 Å². The summed E-state index contributed by atoms with van der Waals surface area (Å²) >= 11 is 0. The molecule has 1 amide bonds. The van der Waals surface area contributed by atoms with Gasteiger partial charge in [0.1, 0.15) is 6.04 Å². The first-order chi connectivity index (χ1) is 11.0. The van der Waals surface area contributed by atoms with Crippen LogP contribution in [0.4, 0.5) is 0 Å². The number of carbonyl (C=O) groups is 2. The van der Waals surface area contributed by atoms with Crippen molar-refractivity contribution in [3.05, 3.63) is 71.3 Å². The van der Waals surface area contributed by atoms with Gasteiger partial charge >= 0.3 is 5.97 Å². The number of carboxylic acid groups (broad SMARTS) is 1. The average Bonchev–Trinajstić information content (AvgIpc) is 2.59. The van der Waals surface area contributed by atoms with Gasteiger partial charge in [-0.1, -0.05) is 49.4 Å². The Bertz CT molecular complexity index is 665. The second-order valence-corrected chi connectivity index (χ2v) is 5.51. The number of hydrogen-bond acceptors (Lipinski definition) is 2. The molecule has 0 aliphatic rings. The molecule has 0 heterocycles. The lowest BCUT2D eigenvalue weighted by Crippen LogP contribution is -2.43. The summed E-state index contributed by atoms with van der Waals surface area (Å²) < 4.78 is 0. The van der Waals surface area contributed by atoms with Crippen molar-refractivity contribution in [2.75, 3.05) is 7.05 Å². The van der Waals surface area contributed by atoms with Crippen molar-refractivity contribution in [3.63, 3.8) is 0 Å². The van der Waals surface area contributed by atoms with E-state index in [2.05, 4.69) is 0 Å². The molecule has 0 spiro atoms. The van der Waals surface area contributed by atoms with E-state index >= 15 is 0 Å². The molecule has 1 N–H and O–H groups in total. The molecule has 23 heavy (non-hydrogen) atoms. The van der Waals surface area contributed by atoms with Gasteiger partial charge < -0.3 is 10.0 Å². The minimum Gasteiger partial charge on any atom is -0.480 e. The van der Waals surface area contributed by atoms with Gasteiger partial charge in [-0.05, 0) is 29.7 Å². The highest BCUT2D eigenvalue weighted by molar-refractivity contribution is 5.96. The lowest BCUT2D eigenvalue weighted by Gasteiger charge is -2.25. The summed E-state index contributed by atoms with van der Waals surface area (Å²) in [6.45, 7) is 2.04. The van der Waals surface area contributed by atoms with Gasteiger partial charge in [0.2, 0.25) is 0 Å². The van der Waals surface area contributed by atoms with Crippen LogP contribution in [0, 0.1) is 0 Å². The van der Waals surface area contributed by atoms with E-state index in [0.29, 0.717) is 5.56 Å². The fraction of sp³-hybridized carbons (Fsp3) is 0.263. The van der Waals surface area contributed by atoms with Gasteiger partial charge in [-0.3, -0.25) is 4.79 Å². The summed E-state index contributed by atoms with van der Waals surface area (Å²) in [6, 6.07) is 15.7. The van der Waals surface area contributed by atoms with Crippen LogP contribution in [0.1, 0.15) is 28.4 Å². The zero-order chi connectivity index (χ0) is 16.8. The number of hydrogen-bond donors (Lipinski definition) is 1. The molecular formula is C19H21NO3. The van der Waals surface area contributed by atoms with E-state index in [1.165, 1.54) is 11.9 Å². The maximum Gasteiger partial charge on any atom is 0.326 e. The molecule has 1 unspecified atom stereocenters. The Hall–Kier alpha value is -2.62. The van der Waals surface area contributed by atoms with E-state index < -0.39 is 12.0 Å². The lowest BCUT2D eigenvalue weighted by atomic mass is 10.0. The van der Waals surface area contributed by atoms with Gasteiger partial charge in [-0.25, -0.2) is 4.79 Å². The summed E-state index contributed by atoms with van der Waals surface area (Å²) in [7, 11) is 1.54. The highest BCUT2D eigenvalue weighted by Gasteiger charge is 2.27. The smallest absolute Gasteiger partial charge is 0.326 e. The van der Waals surface area contributed by atoms with Crippen molar-refractivity contribution in [3.8, 4) is 0 Å². The summed E-state index contributed by atoms with van der Waals surface area (Å²) in [5.41, 5.74) is 2.54. The zero-order valence-corrected chi connectivity index (χ0v) is 13.4. The van der Waals surface area contributed by atoms with Gasteiger partial charge in [-0.15, -0.1) is 0 Å². The molecule has 0 bridgehead atoms. The Kier molecular flexibility index (Phi) is 5.52. The summed E-state index contributed by atoms with van der Waals surface area (Å²) in [5.74, 6) is -1.29. The van der Waals surface area contributed by atoms with Crippen LogP contribution in [0.15, 0.2) is 54.6 Å². The second kappa shape index (κ2) is 7.58. The van der Waals surface area contributed by atoms with E-state index in [4.69, 9.17) is 0 Å². The molecule has 0 aliphatic carbocycles. The monoisotopic (exact) mass is 311 g/mol. The first-order valence-corrected chi connectivity index (χ1v) is 7.65. The third kappa shape index (κ3) is 4.19. The molecular weight excluding hydrogens is 290 g/mol. The van der Waals surface area contributed by atoms with E-state index in [1.54, 1.807) is 12.1 Å². The minimum atomic E-state index is -1.00. The van der Waals surface area contributed by atoms with Crippen LogP contribution < -0.4 is 0 Å². The van der Waals surface area contributed by atoms with E-state index in [9.17, 15) is 14.7 Å². The molecule has 0 saturated carbocycles. The van der Waals surface area contributed by atoms with Crippen molar-refractivity contribution in [2.45, 2.75) is 25.8 Å². The first kappa shape index (κ1) is 16.7. The first-order valence-electron chi connectivity index (χ1n) is 7.65. The molecule has 4 heteroatoms. The van der Waals surface area contributed by atoms with Crippen molar-refractivity contribution in [2.24, 2.45) is 0 Å². The van der Waals surface area contributed by atoms with Crippen molar-refractivity contribution >= 4 is 11.9 Å². The molecule has 0 aliphatic heterocycles. The van der Waals surface area contributed by atoms with Crippen molar-refractivity contribution in [1.29, 1.82) is 0 Å². The maximum atomic E-state index is 12.5. The Morgan fingerprint density at radius 3 is 2.13 bits per heavy atom.